The number of amides is 1. The molecular weight excluding hydrogens is 397 g/mol. The number of nitrogens with one attached hydrogen (secondary N) is 1. The summed E-state index contributed by atoms with van der Waals surface area (Å²) in [4.78, 5) is 24.9. The predicted octanol–water partition coefficient (Wildman–Crippen LogP) is 5.07. The summed E-state index contributed by atoms with van der Waals surface area (Å²) in [5, 5.41) is 2.60. The molecule has 4 aromatic rings. The molecule has 1 aromatic carbocycles. The largest absolute Gasteiger partial charge is 0.463 e. The summed E-state index contributed by atoms with van der Waals surface area (Å²) in [5.74, 6) is -0.0343. The molecule has 0 bridgehead atoms. The summed E-state index contributed by atoms with van der Waals surface area (Å²) in [6.45, 7) is 0. The van der Waals surface area contributed by atoms with Gasteiger partial charge in [0.2, 0.25) is 0 Å². The van der Waals surface area contributed by atoms with Crippen LogP contribution in [-0.2, 0) is 6.18 Å². The number of hydrogen-bond acceptors (Lipinski definition) is 5. The molecule has 0 spiro atoms. The van der Waals surface area contributed by atoms with Crippen molar-refractivity contribution in [2.75, 3.05) is 5.32 Å². The lowest BCUT2D eigenvalue weighted by atomic mass is 10.0. The molecule has 0 aliphatic heterocycles. The quantitative estimate of drug-likeness (QED) is 0.508. The maximum Gasteiger partial charge on any atom is 0.416 e. The number of pyridine rings is 1. The number of alkyl halides is 3. The smallest absolute Gasteiger partial charge is 0.416 e. The van der Waals surface area contributed by atoms with Crippen LogP contribution in [0.1, 0.15) is 15.9 Å². The van der Waals surface area contributed by atoms with Gasteiger partial charge >= 0.3 is 6.18 Å². The maximum absolute atomic E-state index is 13.1. The average molecular weight is 410 g/mol. The molecule has 3 aromatic heterocycles. The predicted molar refractivity (Wildman–Crippen MR) is 102 cm³/mol. The lowest BCUT2D eigenvalue weighted by Crippen LogP contribution is -2.14. The number of hydrogen-bond donors (Lipinski definition) is 1. The molecule has 1 amide bonds. The minimum Gasteiger partial charge on any atom is -0.463 e. The van der Waals surface area contributed by atoms with Gasteiger partial charge in [0.05, 0.1) is 29.3 Å². The molecule has 3 heterocycles. The number of anilines is 1. The summed E-state index contributed by atoms with van der Waals surface area (Å²) < 4.78 is 44.7. The van der Waals surface area contributed by atoms with Crippen molar-refractivity contribution >= 4 is 11.7 Å². The second-order valence-corrected chi connectivity index (χ2v) is 6.20. The third-order valence-electron chi connectivity index (χ3n) is 4.16. The van der Waals surface area contributed by atoms with Gasteiger partial charge in [0.25, 0.3) is 5.91 Å². The van der Waals surface area contributed by atoms with E-state index in [1.807, 2.05) is 0 Å². The van der Waals surface area contributed by atoms with Gasteiger partial charge in [-0.15, -0.1) is 0 Å². The summed E-state index contributed by atoms with van der Waals surface area (Å²) >= 11 is 0. The van der Waals surface area contributed by atoms with Crippen molar-refractivity contribution in [2.45, 2.75) is 6.18 Å². The van der Waals surface area contributed by atoms with E-state index in [-0.39, 0.29) is 22.8 Å². The van der Waals surface area contributed by atoms with Gasteiger partial charge in [-0.1, -0.05) is 12.1 Å². The lowest BCUT2D eigenvalue weighted by molar-refractivity contribution is -0.137. The molecular formula is C21H13F3N4O2. The molecule has 1 N–H and O–H groups in total. The van der Waals surface area contributed by atoms with Gasteiger partial charge < -0.3 is 9.73 Å². The molecule has 6 nitrogen and oxygen atoms in total. The number of furan rings is 1. The van der Waals surface area contributed by atoms with Gasteiger partial charge in [0, 0.05) is 18.0 Å². The normalized spacial score (nSPS) is 11.3. The van der Waals surface area contributed by atoms with Crippen molar-refractivity contribution in [1.29, 1.82) is 0 Å². The second-order valence-electron chi connectivity index (χ2n) is 6.20. The topological polar surface area (TPSA) is 80.9 Å². The van der Waals surface area contributed by atoms with Crippen molar-refractivity contribution in [3.05, 3.63) is 84.5 Å². The molecule has 0 fully saturated rings. The van der Waals surface area contributed by atoms with Crippen LogP contribution >= 0.6 is 0 Å². The first-order valence-corrected chi connectivity index (χ1v) is 8.72. The number of rotatable bonds is 4. The SMILES string of the molecule is O=C(Nc1cnc(-c2cccc(C(F)(F)F)c2)c(-c2ccco2)n1)c1cccnc1. The summed E-state index contributed by atoms with van der Waals surface area (Å²) in [7, 11) is 0. The highest BCUT2D eigenvalue weighted by Crippen LogP contribution is 2.35. The van der Waals surface area contributed by atoms with Gasteiger partial charge in [0.15, 0.2) is 11.6 Å². The molecule has 0 atom stereocenters. The highest BCUT2D eigenvalue weighted by Gasteiger charge is 2.31. The monoisotopic (exact) mass is 410 g/mol. The molecule has 4 rings (SSSR count). The third-order valence-corrected chi connectivity index (χ3v) is 4.16. The zero-order valence-corrected chi connectivity index (χ0v) is 15.2. The second kappa shape index (κ2) is 7.78. The molecule has 0 unspecified atom stereocenters. The van der Waals surface area contributed by atoms with E-state index < -0.39 is 17.6 Å². The summed E-state index contributed by atoms with van der Waals surface area (Å²) in [5.41, 5.74) is 0.120. The van der Waals surface area contributed by atoms with E-state index >= 15 is 0 Å². The molecule has 0 aliphatic carbocycles. The van der Waals surface area contributed by atoms with Crippen LogP contribution < -0.4 is 5.32 Å². The van der Waals surface area contributed by atoms with Crippen LogP contribution in [0, 0.1) is 0 Å². The van der Waals surface area contributed by atoms with Crippen molar-refractivity contribution in [2.24, 2.45) is 0 Å². The molecule has 150 valence electrons. The standard InChI is InChI=1S/C21H13F3N4O2/c22-21(23,24)15-6-1-4-13(10-15)18-19(16-7-3-9-30-16)27-17(12-26-18)28-20(29)14-5-2-8-25-11-14/h1-12H,(H,27,28,29). The van der Waals surface area contributed by atoms with Crippen molar-refractivity contribution in [1.82, 2.24) is 15.0 Å². The lowest BCUT2D eigenvalue weighted by Gasteiger charge is -2.12. The van der Waals surface area contributed by atoms with Crippen LogP contribution in [0.15, 0.2) is 77.8 Å². The Hall–Kier alpha value is -4.01. The molecule has 0 saturated carbocycles. The van der Waals surface area contributed by atoms with Crippen LogP contribution in [0.3, 0.4) is 0 Å². The molecule has 0 radical (unpaired) electrons. The zero-order valence-electron chi connectivity index (χ0n) is 15.2. The fourth-order valence-electron chi connectivity index (χ4n) is 2.77. The number of carbonyl (C=O) groups is 1. The minimum atomic E-state index is -4.49. The number of benzene rings is 1. The highest BCUT2D eigenvalue weighted by molar-refractivity contribution is 6.03. The van der Waals surface area contributed by atoms with Crippen LogP contribution in [0.5, 0.6) is 0 Å². The van der Waals surface area contributed by atoms with Gasteiger partial charge in [-0.05, 0) is 36.4 Å². The number of aromatic nitrogens is 3. The van der Waals surface area contributed by atoms with E-state index in [1.54, 1.807) is 24.3 Å². The number of nitrogens with zero attached hydrogens (tertiary/aromatic N) is 3. The van der Waals surface area contributed by atoms with E-state index in [1.165, 1.54) is 37.0 Å². The first-order chi connectivity index (χ1) is 14.4. The van der Waals surface area contributed by atoms with Crippen LogP contribution in [0.4, 0.5) is 19.0 Å². The molecule has 30 heavy (non-hydrogen) atoms. The van der Waals surface area contributed by atoms with Crippen LogP contribution in [0.25, 0.3) is 22.7 Å². The minimum absolute atomic E-state index is 0.117. The van der Waals surface area contributed by atoms with Crippen molar-refractivity contribution < 1.29 is 22.4 Å². The average Bonchev–Trinajstić information content (AvgIpc) is 3.29. The Labute approximate surface area is 168 Å². The Morgan fingerprint density at radius 3 is 2.57 bits per heavy atom. The Bertz CT molecular complexity index is 1180. The van der Waals surface area contributed by atoms with E-state index in [9.17, 15) is 18.0 Å². The van der Waals surface area contributed by atoms with E-state index in [0.717, 1.165) is 12.1 Å². The van der Waals surface area contributed by atoms with E-state index in [0.29, 0.717) is 11.3 Å². The first-order valence-electron chi connectivity index (χ1n) is 8.72. The van der Waals surface area contributed by atoms with Crippen LogP contribution in [0.2, 0.25) is 0 Å². The Morgan fingerprint density at radius 1 is 1.00 bits per heavy atom. The highest BCUT2D eigenvalue weighted by atomic mass is 19.4. The van der Waals surface area contributed by atoms with Gasteiger partial charge in [-0.3, -0.25) is 9.78 Å². The Morgan fingerprint density at radius 2 is 1.87 bits per heavy atom. The molecule has 9 heteroatoms. The fraction of sp³-hybridized carbons (Fsp3) is 0.0476. The van der Waals surface area contributed by atoms with Gasteiger partial charge in [0.1, 0.15) is 5.69 Å². The van der Waals surface area contributed by atoms with Gasteiger partial charge in [-0.2, -0.15) is 13.2 Å². The Balaban J connectivity index is 1.75. The van der Waals surface area contributed by atoms with Crippen molar-refractivity contribution in [3.63, 3.8) is 0 Å². The number of carbonyl (C=O) groups excluding carboxylic acids is 1. The maximum atomic E-state index is 13.1. The molecule has 0 saturated heterocycles. The van der Waals surface area contributed by atoms with Crippen LogP contribution in [-0.4, -0.2) is 20.9 Å². The van der Waals surface area contributed by atoms with E-state index in [2.05, 4.69) is 20.3 Å². The van der Waals surface area contributed by atoms with Crippen molar-refractivity contribution in [3.8, 4) is 22.7 Å². The summed E-state index contributed by atoms with van der Waals surface area (Å²) in [6, 6.07) is 11.2. The zero-order chi connectivity index (χ0) is 21.1. The summed E-state index contributed by atoms with van der Waals surface area (Å²) in [6.07, 6.45) is 1.12. The Kier molecular flexibility index (Phi) is 5.01. The third kappa shape index (κ3) is 4.04. The van der Waals surface area contributed by atoms with E-state index in [4.69, 9.17) is 4.42 Å². The molecule has 0 aliphatic rings. The number of halogens is 3. The fourth-order valence-corrected chi connectivity index (χ4v) is 2.77. The first kappa shape index (κ1) is 19.3. The van der Waals surface area contributed by atoms with Gasteiger partial charge in [-0.25, -0.2) is 9.97 Å².